The Morgan fingerprint density at radius 3 is 2.70 bits per heavy atom. The van der Waals surface area contributed by atoms with Crippen LogP contribution in [0.3, 0.4) is 0 Å². The minimum absolute atomic E-state index is 0.221. The topological polar surface area (TPSA) is 58.6 Å². The minimum Gasteiger partial charge on any atom is -0.494 e. The van der Waals surface area contributed by atoms with Crippen LogP contribution in [0.25, 0.3) is 0 Å². The molecular formula is C15H20FNO3. The van der Waals surface area contributed by atoms with Crippen molar-refractivity contribution in [2.75, 3.05) is 7.11 Å². The number of carboxylic acid groups (broad SMARTS) is 1. The summed E-state index contributed by atoms with van der Waals surface area (Å²) in [7, 11) is 1.45. The highest BCUT2D eigenvalue weighted by molar-refractivity contribution is 5.70. The Balaban J connectivity index is 1.86. The Morgan fingerprint density at radius 1 is 1.40 bits per heavy atom. The molecule has 0 saturated heterocycles. The zero-order valence-corrected chi connectivity index (χ0v) is 11.6. The monoisotopic (exact) mass is 281 g/mol. The van der Waals surface area contributed by atoms with Crippen LogP contribution in [0, 0.1) is 11.7 Å². The molecule has 0 unspecified atom stereocenters. The molecule has 1 fully saturated rings. The molecule has 1 aliphatic rings. The Labute approximate surface area is 117 Å². The second-order valence-electron chi connectivity index (χ2n) is 5.20. The molecule has 0 spiro atoms. The number of nitrogens with one attached hydrogen (secondary N) is 1. The lowest BCUT2D eigenvalue weighted by molar-refractivity contribution is -0.142. The van der Waals surface area contributed by atoms with Crippen molar-refractivity contribution in [3.8, 4) is 5.75 Å². The van der Waals surface area contributed by atoms with E-state index in [-0.39, 0.29) is 23.5 Å². The number of carbonyl (C=O) groups is 1. The summed E-state index contributed by atoms with van der Waals surface area (Å²) in [6, 6.07) is 5.35. The number of benzene rings is 1. The van der Waals surface area contributed by atoms with E-state index in [1.165, 1.54) is 7.11 Å². The third kappa shape index (κ3) is 3.48. The van der Waals surface area contributed by atoms with Gasteiger partial charge in [-0.2, -0.15) is 0 Å². The number of hydrogen-bond acceptors (Lipinski definition) is 3. The van der Waals surface area contributed by atoms with Crippen LogP contribution in [-0.2, 0) is 11.3 Å². The van der Waals surface area contributed by atoms with Crippen LogP contribution in [0.1, 0.15) is 31.2 Å². The van der Waals surface area contributed by atoms with E-state index in [2.05, 4.69) is 5.32 Å². The first-order chi connectivity index (χ1) is 9.61. The summed E-state index contributed by atoms with van der Waals surface area (Å²) in [6.45, 7) is 0.436. The zero-order chi connectivity index (χ0) is 14.5. The van der Waals surface area contributed by atoms with Gasteiger partial charge in [0.1, 0.15) is 0 Å². The van der Waals surface area contributed by atoms with Gasteiger partial charge in [0, 0.05) is 18.2 Å². The third-order valence-electron chi connectivity index (χ3n) is 3.92. The summed E-state index contributed by atoms with van der Waals surface area (Å²) in [6.07, 6.45) is 3.02. The van der Waals surface area contributed by atoms with Crippen LogP contribution in [-0.4, -0.2) is 24.2 Å². The van der Waals surface area contributed by atoms with Gasteiger partial charge in [-0.05, 0) is 31.7 Å². The van der Waals surface area contributed by atoms with Crippen molar-refractivity contribution < 1.29 is 19.0 Å². The van der Waals surface area contributed by atoms with Crippen molar-refractivity contribution in [3.63, 3.8) is 0 Å². The Morgan fingerprint density at radius 2 is 2.10 bits per heavy atom. The summed E-state index contributed by atoms with van der Waals surface area (Å²) in [5.74, 6) is -1.01. The van der Waals surface area contributed by atoms with Gasteiger partial charge in [-0.1, -0.05) is 12.1 Å². The van der Waals surface area contributed by atoms with Crippen LogP contribution in [0.4, 0.5) is 4.39 Å². The highest BCUT2D eigenvalue weighted by Crippen LogP contribution is 2.25. The molecule has 2 N–H and O–H groups in total. The molecule has 0 amide bonds. The quantitative estimate of drug-likeness (QED) is 0.871. The Hall–Kier alpha value is -1.62. The summed E-state index contributed by atoms with van der Waals surface area (Å²) in [5.41, 5.74) is 0.574. The van der Waals surface area contributed by atoms with E-state index >= 15 is 0 Å². The van der Waals surface area contributed by atoms with Crippen molar-refractivity contribution >= 4 is 5.97 Å². The molecule has 1 aliphatic carbocycles. The van der Waals surface area contributed by atoms with Crippen LogP contribution in [0.5, 0.6) is 5.75 Å². The van der Waals surface area contributed by atoms with E-state index in [9.17, 15) is 9.18 Å². The predicted octanol–water partition coefficient (Wildman–Crippen LogP) is 2.57. The average molecular weight is 281 g/mol. The van der Waals surface area contributed by atoms with Gasteiger partial charge in [0.05, 0.1) is 13.0 Å². The van der Waals surface area contributed by atoms with Crippen molar-refractivity contribution in [1.82, 2.24) is 5.32 Å². The van der Waals surface area contributed by atoms with Crippen LogP contribution >= 0.6 is 0 Å². The molecule has 1 aromatic carbocycles. The molecule has 1 aromatic rings. The van der Waals surface area contributed by atoms with Gasteiger partial charge >= 0.3 is 5.97 Å². The lowest BCUT2D eigenvalue weighted by Crippen LogP contribution is -2.34. The second kappa shape index (κ2) is 6.70. The molecule has 0 heterocycles. The highest BCUT2D eigenvalue weighted by Gasteiger charge is 2.25. The number of carboxylic acids is 1. The summed E-state index contributed by atoms with van der Waals surface area (Å²) in [4.78, 5) is 10.9. The van der Waals surface area contributed by atoms with Crippen molar-refractivity contribution in [1.29, 1.82) is 0 Å². The molecule has 0 aromatic heterocycles. The molecule has 2 rings (SSSR count). The van der Waals surface area contributed by atoms with Gasteiger partial charge in [0.15, 0.2) is 11.6 Å². The maximum atomic E-state index is 14.0. The molecule has 4 nitrogen and oxygen atoms in total. The summed E-state index contributed by atoms with van der Waals surface area (Å²) >= 11 is 0. The van der Waals surface area contributed by atoms with Crippen molar-refractivity contribution in [3.05, 3.63) is 29.6 Å². The average Bonchev–Trinajstić information content (AvgIpc) is 2.46. The number of halogens is 1. The van der Waals surface area contributed by atoms with E-state index in [1.54, 1.807) is 18.2 Å². The second-order valence-corrected chi connectivity index (χ2v) is 5.20. The first kappa shape index (κ1) is 14.8. The van der Waals surface area contributed by atoms with E-state index in [4.69, 9.17) is 9.84 Å². The predicted molar refractivity (Wildman–Crippen MR) is 73.2 cm³/mol. The zero-order valence-electron chi connectivity index (χ0n) is 11.6. The fourth-order valence-corrected chi connectivity index (χ4v) is 2.65. The maximum Gasteiger partial charge on any atom is 0.306 e. The first-order valence-corrected chi connectivity index (χ1v) is 6.89. The van der Waals surface area contributed by atoms with E-state index in [0.717, 1.165) is 12.8 Å². The van der Waals surface area contributed by atoms with Gasteiger partial charge in [0.2, 0.25) is 0 Å². The molecule has 110 valence electrons. The van der Waals surface area contributed by atoms with Crippen molar-refractivity contribution in [2.24, 2.45) is 5.92 Å². The minimum atomic E-state index is -0.706. The SMILES string of the molecule is COc1cccc(CNC2CCC(C(=O)O)CC2)c1F. The third-order valence-corrected chi connectivity index (χ3v) is 3.92. The van der Waals surface area contributed by atoms with E-state index in [0.29, 0.717) is 24.9 Å². The molecule has 0 radical (unpaired) electrons. The standard InChI is InChI=1S/C15H20FNO3/c1-20-13-4-2-3-11(14(13)16)9-17-12-7-5-10(6-8-12)15(18)19/h2-4,10,12,17H,5-9H2,1H3,(H,18,19). The normalized spacial score (nSPS) is 22.5. The summed E-state index contributed by atoms with van der Waals surface area (Å²) in [5, 5.41) is 12.2. The number of methoxy groups -OCH3 is 1. The first-order valence-electron chi connectivity index (χ1n) is 6.89. The van der Waals surface area contributed by atoms with Gasteiger partial charge in [-0.3, -0.25) is 4.79 Å². The van der Waals surface area contributed by atoms with Crippen LogP contribution in [0.15, 0.2) is 18.2 Å². The molecule has 0 aliphatic heterocycles. The fourth-order valence-electron chi connectivity index (χ4n) is 2.65. The number of rotatable bonds is 5. The van der Waals surface area contributed by atoms with Gasteiger partial charge in [-0.15, -0.1) is 0 Å². The lowest BCUT2D eigenvalue weighted by atomic mass is 9.86. The van der Waals surface area contributed by atoms with Crippen molar-refractivity contribution in [2.45, 2.75) is 38.3 Å². The molecular weight excluding hydrogens is 261 g/mol. The van der Waals surface area contributed by atoms with Crippen LogP contribution < -0.4 is 10.1 Å². The van der Waals surface area contributed by atoms with Crippen LogP contribution in [0.2, 0.25) is 0 Å². The van der Waals surface area contributed by atoms with Gasteiger partial charge in [-0.25, -0.2) is 4.39 Å². The van der Waals surface area contributed by atoms with E-state index in [1.807, 2.05) is 0 Å². The largest absolute Gasteiger partial charge is 0.494 e. The molecule has 0 bridgehead atoms. The molecule has 20 heavy (non-hydrogen) atoms. The molecule has 1 saturated carbocycles. The van der Waals surface area contributed by atoms with Gasteiger partial charge in [0.25, 0.3) is 0 Å². The van der Waals surface area contributed by atoms with Gasteiger partial charge < -0.3 is 15.2 Å². The highest BCUT2D eigenvalue weighted by atomic mass is 19.1. The summed E-state index contributed by atoms with van der Waals surface area (Å²) < 4.78 is 18.9. The smallest absolute Gasteiger partial charge is 0.306 e. The Bertz CT molecular complexity index is 470. The molecule has 0 atom stereocenters. The number of ether oxygens (including phenoxy) is 1. The molecule has 5 heteroatoms. The number of hydrogen-bond donors (Lipinski definition) is 2. The lowest BCUT2D eigenvalue weighted by Gasteiger charge is -2.27. The fraction of sp³-hybridized carbons (Fsp3) is 0.533. The van der Waals surface area contributed by atoms with E-state index < -0.39 is 5.97 Å². The Kier molecular flexibility index (Phi) is 4.95. The number of aliphatic carboxylic acids is 1. The maximum absolute atomic E-state index is 14.0.